The number of piperidine rings is 1. The molecular formula is C17H26N2O2S. The molecule has 1 aromatic rings. The van der Waals surface area contributed by atoms with Gasteiger partial charge in [-0.2, -0.15) is 0 Å². The number of carbonyl (C=O) groups is 1. The molecule has 2 N–H and O–H groups in total. The molecule has 1 heterocycles. The number of rotatable bonds is 7. The predicted octanol–water partition coefficient (Wildman–Crippen LogP) is 2.22. The molecule has 0 bridgehead atoms. The Labute approximate surface area is 137 Å². The van der Waals surface area contributed by atoms with Crippen LogP contribution in [0.2, 0.25) is 0 Å². The number of amides is 1. The van der Waals surface area contributed by atoms with Crippen LogP contribution in [0.15, 0.2) is 29.2 Å². The van der Waals surface area contributed by atoms with Gasteiger partial charge in [-0.3, -0.25) is 4.79 Å². The monoisotopic (exact) mass is 322 g/mol. The summed E-state index contributed by atoms with van der Waals surface area (Å²) in [6.45, 7) is 5.48. The van der Waals surface area contributed by atoms with E-state index >= 15 is 0 Å². The first kappa shape index (κ1) is 17.3. The van der Waals surface area contributed by atoms with E-state index in [-0.39, 0.29) is 11.3 Å². The Morgan fingerprint density at radius 2 is 2.09 bits per heavy atom. The maximum absolute atomic E-state index is 12.1. The number of benzene rings is 1. The molecule has 1 aromatic carbocycles. The van der Waals surface area contributed by atoms with Crippen molar-refractivity contribution in [3.63, 3.8) is 0 Å². The minimum absolute atomic E-state index is 0.0863. The van der Waals surface area contributed by atoms with Gasteiger partial charge in [-0.1, -0.05) is 18.2 Å². The molecule has 0 atom stereocenters. The first-order valence-electron chi connectivity index (χ1n) is 7.80. The van der Waals surface area contributed by atoms with Gasteiger partial charge in [-0.15, -0.1) is 11.8 Å². The molecular weight excluding hydrogens is 296 g/mol. The molecule has 1 aliphatic heterocycles. The summed E-state index contributed by atoms with van der Waals surface area (Å²) in [6.07, 6.45) is 2.10. The van der Waals surface area contributed by atoms with E-state index in [0.29, 0.717) is 18.9 Å². The molecule has 1 amide bonds. The lowest BCUT2D eigenvalue weighted by Crippen LogP contribution is -2.47. The summed E-state index contributed by atoms with van der Waals surface area (Å²) in [5, 5.41) is 6.47. The average molecular weight is 322 g/mol. The molecule has 0 aromatic heterocycles. The fourth-order valence-corrected chi connectivity index (χ4v) is 3.69. The fraction of sp³-hybridized carbons (Fsp3) is 0.588. The molecule has 1 aliphatic rings. The zero-order valence-electron chi connectivity index (χ0n) is 13.5. The number of methoxy groups -OCH3 is 1. The highest BCUT2D eigenvalue weighted by molar-refractivity contribution is 8.00. The van der Waals surface area contributed by atoms with Crippen LogP contribution in [0.4, 0.5) is 0 Å². The maximum atomic E-state index is 12.1. The second-order valence-corrected chi connectivity index (χ2v) is 7.03. The van der Waals surface area contributed by atoms with E-state index in [4.69, 9.17) is 4.74 Å². The number of ether oxygens (including phenoxy) is 1. The maximum Gasteiger partial charge on any atom is 0.230 e. The zero-order valence-corrected chi connectivity index (χ0v) is 14.3. The number of aryl methyl sites for hydroxylation is 1. The average Bonchev–Trinajstić information content (AvgIpc) is 2.53. The van der Waals surface area contributed by atoms with Crippen molar-refractivity contribution in [2.75, 3.05) is 39.1 Å². The smallest absolute Gasteiger partial charge is 0.230 e. The Balaban J connectivity index is 1.80. The van der Waals surface area contributed by atoms with Gasteiger partial charge in [0.15, 0.2) is 0 Å². The molecule has 5 heteroatoms. The van der Waals surface area contributed by atoms with Crippen molar-refractivity contribution in [3.05, 3.63) is 29.8 Å². The number of thioether (sulfide) groups is 1. The van der Waals surface area contributed by atoms with E-state index < -0.39 is 0 Å². The molecule has 0 saturated carbocycles. The molecule has 0 radical (unpaired) electrons. The van der Waals surface area contributed by atoms with E-state index in [9.17, 15) is 4.79 Å². The van der Waals surface area contributed by atoms with Crippen molar-refractivity contribution in [2.24, 2.45) is 5.41 Å². The molecule has 0 spiro atoms. The number of hydrogen-bond acceptors (Lipinski definition) is 4. The second-order valence-electron chi connectivity index (χ2n) is 6.01. The van der Waals surface area contributed by atoms with Crippen molar-refractivity contribution in [3.8, 4) is 0 Å². The van der Waals surface area contributed by atoms with Crippen LogP contribution in [0.5, 0.6) is 0 Å². The quantitative estimate of drug-likeness (QED) is 0.756. The number of nitrogens with one attached hydrogen (secondary N) is 2. The van der Waals surface area contributed by atoms with Gasteiger partial charge in [0, 0.05) is 24.0 Å². The molecule has 22 heavy (non-hydrogen) atoms. The van der Waals surface area contributed by atoms with Gasteiger partial charge in [0.25, 0.3) is 0 Å². The fourth-order valence-electron chi connectivity index (χ4n) is 2.83. The first-order chi connectivity index (χ1) is 10.7. The third-order valence-corrected chi connectivity index (χ3v) is 5.40. The third-order valence-electron chi connectivity index (χ3n) is 4.23. The van der Waals surface area contributed by atoms with Crippen LogP contribution < -0.4 is 10.6 Å². The van der Waals surface area contributed by atoms with E-state index in [1.165, 1.54) is 10.5 Å². The molecule has 1 saturated heterocycles. The Hall–Kier alpha value is -1.04. The van der Waals surface area contributed by atoms with E-state index in [2.05, 4.69) is 29.7 Å². The molecule has 1 fully saturated rings. The van der Waals surface area contributed by atoms with Crippen LogP contribution in [0, 0.1) is 12.3 Å². The number of hydrogen-bond donors (Lipinski definition) is 2. The lowest BCUT2D eigenvalue weighted by Gasteiger charge is -2.37. The Morgan fingerprint density at radius 1 is 1.36 bits per heavy atom. The van der Waals surface area contributed by atoms with Gasteiger partial charge in [-0.25, -0.2) is 0 Å². The Bertz CT molecular complexity index is 482. The summed E-state index contributed by atoms with van der Waals surface area (Å²) >= 11 is 1.60. The summed E-state index contributed by atoms with van der Waals surface area (Å²) in [5.74, 6) is 0.564. The third kappa shape index (κ3) is 5.00. The van der Waals surface area contributed by atoms with Crippen LogP contribution in [0.3, 0.4) is 0 Å². The summed E-state index contributed by atoms with van der Waals surface area (Å²) in [5.41, 5.74) is 1.30. The topological polar surface area (TPSA) is 50.4 Å². The van der Waals surface area contributed by atoms with E-state index in [1.54, 1.807) is 18.9 Å². The Morgan fingerprint density at radius 3 is 2.77 bits per heavy atom. The van der Waals surface area contributed by atoms with Gasteiger partial charge < -0.3 is 15.4 Å². The highest BCUT2D eigenvalue weighted by Gasteiger charge is 2.32. The largest absolute Gasteiger partial charge is 0.384 e. The minimum Gasteiger partial charge on any atom is -0.384 e. The second kappa shape index (κ2) is 8.56. The van der Waals surface area contributed by atoms with Gasteiger partial charge in [-0.05, 0) is 44.5 Å². The van der Waals surface area contributed by atoms with Crippen LogP contribution in [-0.2, 0) is 9.53 Å². The van der Waals surface area contributed by atoms with Crippen LogP contribution in [0.25, 0.3) is 0 Å². The molecule has 0 unspecified atom stereocenters. The number of carbonyl (C=O) groups excluding carboxylic acids is 1. The lowest BCUT2D eigenvalue weighted by atomic mass is 9.79. The lowest BCUT2D eigenvalue weighted by molar-refractivity contribution is -0.119. The van der Waals surface area contributed by atoms with Gasteiger partial charge >= 0.3 is 0 Å². The molecule has 122 valence electrons. The highest BCUT2D eigenvalue weighted by atomic mass is 32.2. The SMILES string of the molecule is COCC1(CNC(=O)CSc2ccccc2C)CCNCC1. The first-order valence-corrected chi connectivity index (χ1v) is 8.79. The molecule has 4 nitrogen and oxygen atoms in total. The summed E-state index contributed by atoms with van der Waals surface area (Å²) in [4.78, 5) is 13.3. The predicted molar refractivity (Wildman–Crippen MR) is 91.3 cm³/mol. The van der Waals surface area contributed by atoms with Crippen molar-refractivity contribution < 1.29 is 9.53 Å². The van der Waals surface area contributed by atoms with Crippen molar-refractivity contribution in [1.82, 2.24) is 10.6 Å². The molecule has 0 aliphatic carbocycles. The van der Waals surface area contributed by atoms with Crippen LogP contribution in [-0.4, -0.2) is 45.0 Å². The summed E-state index contributed by atoms with van der Waals surface area (Å²) < 4.78 is 5.38. The summed E-state index contributed by atoms with van der Waals surface area (Å²) in [7, 11) is 1.74. The van der Waals surface area contributed by atoms with Gasteiger partial charge in [0.05, 0.1) is 12.4 Å². The van der Waals surface area contributed by atoms with E-state index in [1.807, 2.05) is 12.1 Å². The zero-order chi connectivity index (χ0) is 15.8. The van der Waals surface area contributed by atoms with Crippen molar-refractivity contribution >= 4 is 17.7 Å². The van der Waals surface area contributed by atoms with Crippen LogP contribution >= 0.6 is 11.8 Å². The normalized spacial score (nSPS) is 17.2. The molecule has 2 rings (SSSR count). The van der Waals surface area contributed by atoms with Crippen molar-refractivity contribution in [1.29, 1.82) is 0 Å². The highest BCUT2D eigenvalue weighted by Crippen LogP contribution is 2.28. The van der Waals surface area contributed by atoms with Crippen molar-refractivity contribution in [2.45, 2.75) is 24.7 Å². The minimum atomic E-state index is 0.0863. The van der Waals surface area contributed by atoms with Crippen LogP contribution in [0.1, 0.15) is 18.4 Å². The summed E-state index contributed by atoms with van der Waals surface area (Å²) in [6, 6.07) is 8.16. The van der Waals surface area contributed by atoms with E-state index in [0.717, 1.165) is 25.9 Å². The standard InChI is InChI=1S/C17H26N2O2S/c1-14-5-3-4-6-15(14)22-11-16(20)19-12-17(13-21-2)7-9-18-10-8-17/h3-6,18H,7-13H2,1-2H3,(H,19,20). The van der Waals surface area contributed by atoms with Gasteiger partial charge in [0.1, 0.15) is 0 Å². The van der Waals surface area contributed by atoms with Gasteiger partial charge in [0.2, 0.25) is 5.91 Å². The Kier molecular flexibility index (Phi) is 6.73.